The fourth-order valence-corrected chi connectivity index (χ4v) is 2.37. The zero-order valence-electron chi connectivity index (χ0n) is 10.5. The summed E-state index contributed by atoms with van der Waals surface area (Å²) >= 11 is 0. The molecule has 0 saturated heterocycles. The molecule has 1 aliphatic heterocycles. The first-order valence-corrected chi connectivity index (χ1v) is 6.51. The number of aryl methyl sites for hydroxylation is 1. The second kappa shape index (κ2) is 4.80. The van der Waals surface area contributed by atoms with Crippen LogP contribution in [-0.2, 0) is 12.8 Å². The van der Waals surface area contributed by atoms with Crippen LogP contribution in [0.3, 0.4) is 0 Å². The molecule has 0 radical (unpaired) electrons. The summed E-state index contributed by atoms with van der Waals surface area (Å²) in [5.74, 6) is 1.88. The molecule has 2 heterocycles. The minimum absolute atomic E-state index is 0.290. The van der Waals surface area contributed by atoms with Crippen molar-refractivity contribution in [3.05, 3.63) is 41.5 Å². The summed E-state index contributed by atoms with van der Waals surface area (Å²) in [5.41, 5.74) is 2.55. The Morgan fingerprint density at radius 1 is 1.39 bits per heavy atom. The molecule has 4 nitrogen and oxygen atoms in total. The Bertz CT molecular complexity index is 535. The Hall–Kier alpha value is -1.84. The number of aromatic nitrogens is 2. The SMILES string of the molecule is CCCc1noc(C2CNc3ccccc3C2)n1. The van der Waals surface area contributed by atoms with Gasteiger partial charge in [0.2, 0.25) is 5.89 Å². The fourth-order valence-electron chi connectivity index (χ4n) is 2.37. The van der Waals surface area contributed by atoms with Crippen molar-refractivity contribution in [2.75, 3.05) is 11.9 Å². The number of para-hydroxylation sites is 1. The summed E-state index contributed by atoms with van der Waals surface area (Å²) in [6.45, 7) is 2.99. The predicted octanol–water partition coefficient (Wildman–Crippen LogP) is 2.77. The molecule has 0 saturated carbocycles. The zero-order chi connectivity index (χ0) is 12.4. The van der Waals surface area contributed by atoms with Crippen LogP contribution in [0.25, 0.3) is 0 Å². The van der Waals surface area contributed by atoms with Gasteiger partial charge in [0, 0.05) is 18.7 Å². The van der Waals surface area contributed by atoms with Gasteiger partial charge in [0.15, 0.2) is 5.82 Å². The van der Waals surface area contributed by atoms with Gasteiger partial charge in [0.25, 0.3) is 0 Å². The van der Waals surface area contributed by atoms with Crippen LogP contribution >= 0.6 is 0 Å². The van der Waals surface area contributed by atoms with Gasteiger partial charge in [-0.1, -0.05) is 30.3 Å². The van der Waals surface area contributed by atoms with Crippen molar-refractivity contribution in [1.29, 1.82) is 0 Å². The summed E-state index contributed by atoms with van der Waals surface area (Å²) < 4.78 is 5.37. The maximum Gasteiger partial charge on any atom is 0.231 e. The third kappa shape index (κ3) is 2.10. The molecule has 1 aromatic heterocycles. The lowest BCUT2D eigenvalue weighted by Crippen LogP contribution is -2.21. The second-order valence-electron chi connectivity index (χ2n) is 4.74. The largest absolute Gasteiger partial charge is 0.384 e. The van der Waals surface area contributed by atoms with Gasteiger partial charge in [0.05, 0.1) is 5.92 Å². The van der Waals surface area contributed by atoms with E-state index in [1.807, 2.05) is 0 Å². The predicted molar refractivity (Wildman–Crippen MR) is 69.7 cm³/mol. The Morgan fingerprint density at radius 2 is 2.28 bits per heavy atom. The molecule has 2 aromatic rings. The van der Waals surface area contributed by atoms with Crippen molar-refractivity contribution in [2.45, 2.75) is 32.1 Å². The van der Waals surface area contributed by atoms with Crippen LogP contribution in [0, 0.1) is 0 Å². The summed E-state index contributed by atoms with van der Waals surface area (Å²) in [6, 6.07) is 8.39. The van der Waals surface area contributed by atoms with E-state index in [-0.39, 0.29) is 5.92 Å². The van der Waals surface area contributed by atoms with Crippen molar-refractivity contribution in [2.24, 2.45) is 0 Å². The number of fused-ring (bicyclic) bond motifs is 1. The van der Waals surface area contributed by atoms with Gasteiger partial charge in [0.1, 0.15) is 0 Å². The maximum absolute atomic E-state index is 5.37. The molecule has 18 heavy (non-hydrogen) atoms. The molecule has 0 aliphatic carbocycles. The van der Waals surface area contributed by atoms with E-state index in [9.17, 15) is 0 Å². The zero-order valence-corrected chi connectivity index (χ0v) is 10.5. The Balaban J connectivity index is 1.78. The van der Waals surface area contributed by atoms with E-state index in [2.05, 4.69) is 46.6 Å². The van der Waals surface area contributed by atoms with Crippen molar-refractivity contribution < 1.29 is 4.52 Å². The molecule has 94 valence electrons. The molecule has 0 fully saturated rings. The number of nitrogens with one attached hydrogen (secondary N) is 1. The Kier molecular flexibility index (Phi) is 3.00. The lowest BCUT2D eigenvalue weighted by Gasteiger charge is -2.23. The van der Waals surface area contributed by atoms with Gasteiger partial charge in [-0.05, 0) is 24.5 Å². The van der Waals surface area contributed by atoms with Crippen LogP contribution in [0.5, 0.6) is 0 Å². The Labute approximate surface area is 106 Å². The average Bonchev–Trinajstić information content (AvgIpc) is 2.87. The number of nitrogens with zero attached hydrogens (tertiary/aromatic N) is 2. The summed E-state index contributed by atoms with van der Waals surface area (Å²) in [4.78, 5) is 4.48. The summed E-state index contributed by atoms with van der Waals surface area (Å²) in [5, 5.41) is 7.45. The number of hydrogen-bond acceptors (Lipinski definition) is 4. The highest BCUT2D eigenvalue weighted by Gasteiger charge is 2.24. The minimum atomic E-state index is 0.290. The lowest BCUT2D eigenvalue weighted by atomic mass is 9.94. The third-order valence-corrected chi connectivity index (χ3v) is 3.33. The second-order valence-corrected chi connectivity index (χ2v) is 4.74. The maximum atomic E-state index is 5.37. The van der Waals surface area contributed by atoms with Gasteiger partial charge in [-0.2, -0.15) is 4.98 Å². The van der Waals surface area contributed by atoms with Crippen molar-refractivity contribution in [3.63, 3.8) is 0 Å². The highest BCUT2D eigenvalue weighted by Crippen LogP contribution is 2.29. The van der Waals surface area contributed by atoms with E-state index in [0.29, 0.717) is 0 Å². The molecule has 4 heteroatoms. The molecule has 0 bridgehead atoms. The highest BCUT2D eigenvalue weighted by atomic mass is 16.5. The van der Waals surface area contributed by atoms with E-state index in [1.54, 1.807) is 0 Å². The van der Waals surface area contributed by atoms with Crippen LogP contribution in [-0.4, -0.2) is 16.7 Å². The smallest absolute Gasteiger partial charge is 0.231 e. The molecule has 1 unspecified atom stereocenters. The van der Waals surface area contributed by atoms with Crippen LogP contribution in [0.15, 0.2) is 28.8 Å². The monoisotopic (exact) mass is 243 g/mol. The lowest BCUT2D eigenvalue weighted by molar-refractivity contribution is 0.350. The topological polar surface area (TPSA) is 51.0 Å². The molecular weight excluding hydrogens is 226 g/mol. The molecule has 1 N–H and O–H groups in total. The van der Waals surface area contributed by atoms with Crippen molar-refractivity contribution >= 4 is 5.69 Å². The first-order chi connectivity index (χ1) is 8.86. The Morgan fingerprint density at radius 3 is 3.17 bits per heavy atom. The van der Waals surface area contributed by atoms with Crippen LogP contribution in [0.4, 0.5) is 5.69 Å². The van der Waals surface area contributed by atoms with Gasteiger partial charge in [-0.3, -0.25) is 0 Å². The molecule has 1 aromatic carbocycles. The molecular formula is C14H17N3O. The van der Waals surface area contributed by atoms with E-state index in [1.165, 1.54) is 11.3 Å². The molecule has 1 atom stereocenters. The number of hydrogen-bond donors (Lipinski definition) is 1. The number of rotatable bonds is 3. The number of anilines is 1. The van der Waals surface area contributed by atoms with E-state index < -0.39 is 0 Å². The molecule has 0 spiro atoms. The number of benzene rings is 1. The van der Waals surface area contributed by atoms with Crippen molar-refractivity contribution in [3.8, 4) is 0 Å². The van der Waals surface area contributed by atoms with Gasteiger partial charge in [-0.25, -0.2) is 0 Å². The molecule has 0 amide bonds. The summed E-state index contributed by atoms with van der Waals surface area (Å²) in [7, 11) is 0. The van der Waals surface area contributed by atoms with E-state index in [0.717, 1.165) is 37.5 Å². The summed E-state index contributed by atoms with van der Waals surface area (Å²) in [6.07, 6.45) is 2.90. The van der Waals surface area contributed by atoms with E-state index in [4.69, 9.17) is 4.52 Å². The van der Waals surface area contributed by atoms with E-state index >= 15 is 0 Å². The van der Waals surface area contributed by atoms with Gasteiger partial charge in [-0.15, -0.1) is 0 Å². The standard InChI is InChI=1S/C14H17N3O/c1-2-5-13-16-14(18-17-13)11-8-10-6-3-4-7-12(10)15-9-11/h3-4,6-7,11,15H,2,5,8-9H2,1H3. The molecule has 1 aliphatic rings. The van der Waals surface area contributed by atoms with Crippen LogP contribution < -0.4 is 5.32 Å². The van der Waals surface area contributed by atoms with Gasteiger partial charge < -0.3 is 9.84 Å². The third-order valence-electron chi connectivity index (χ3n) is 3.33. The fraction of sp³-hybridized carbons (Fsp3) is 0.429. The quantitative estimate of drug-likeness (QED) is 0.900. The van der Waals surface area contributed by atoms with Crippen LogP contribution in [0.1, 0.15) is 36.5 Å². The van der Waals surface area contributed by atoms with Gasteiger partial charge >= 0.3 is 0 Å². The minimum Gasteiger partial charge on any atom is -0.384 e. The first kappa shape index (κ1) is 11.3. The first-order valence-electron chi connectivity index (χ1n) is 6.51. The van der Waals surface area contributed by atoms with Crippen LogP contribution in [0.2, 0.25) is 0 Å². The van der Waals surface area contributed by atoms with Crippen molar-refractivity contribution in [1.82, 2.24) is 10.1 Å². The molecule has 3 rings (SSSR count). The normalized spacial score (nSPS) is 18.2. The average molecular weight is 243 g/mol. The highest BCUT2D eigenvalue weighted by molar-refractivity contribution is 5.53.